The summed E-state index contributed by atoms with van der Waals surface area (Å²) in [4.78, 5) is 0. The Hall–Kier alpha value is -1.58. The number of benzene rings is 2. The number of hydrogen-bond acceptors (Lipinski definition) is 2. The predicted octanol–water partition coefficient (Wildman–Crippen LogP) is 5.23. The molecule has 1 N–H and O–H groups in total. The summed E-state index contributed by atoms with van der Waals surface area (Å²) >= 11 is 3.47. The fourth-order valence-electron chi connectivity index (χ4n) is 2.50. The Bertz CT molecular complexity index is 744. The van der Waals surface area contributed by atoms with Crippen molar-refractivity contribution in [2.24, 2.45) is 0 Å². The van der Waals surface area contributed by atoms with Gasteiger partial charge in [-0.3, -0.25) is 0 Å². The van der Waals surface area contributed by atoms with E-state index < -0.39 is 6.10 Å². The summed E-state index contributed by atoms with van der Waals surface area (Å²) in [7, 11) is 0. The third-order valence-electron chi connectivity index (χ3n) is 3.62. The van der Waals surface area contributed by atoms with Crippen LogP contribution in [0.4, 0.5) is 0 Å². The summed E-state index contributed by atoms with van der Waals surface area (Å²) in [6, 6.07) is 15.8. The van der Waals surface area contributed by atoms with Crippen molar-refractivity contribution >= 4 is 26.9 Å². The third-order valence-corrected chi connectivity index (χ3v) is 4.24. The van der Waals surface area contributed by atoms with E-state index >= 15 is 0 Å². The highest BCUT2D eigenvalue weighted by Gasteiger charge is 2.16. The summed E-state index contributed by atoms with van der Waals surface area (Å²) in [6.07, 6.45) is 1.45. The molecule has 3 rings (SSSR count). The number of furan rings is 1. The molecule has 1 unspecified atom stereocenters. The van der Waals surface area contributed by atoms with E-state index in [2.05, 4.69) is 35.0 Å². The lowest BCUT2D eigenvalue weighted by Gasteiger charge is -2.09. The van der Waals surface area contributed by atoms with E-state index in [1.165, 1.54) is 5.56 Å². The van der Waals surface area contributed by atoms with E-state index in [4.69, 9.17) is 4.42 Å². The highest BCUT2D eigenvalue weighted by molar-refractivity contribution is 9.10. The Morgan fingerprint density at radius 1 is 1.14 bits per heavy atom. The Labute approximate surface area is 132 Å². The number of rotatable bonds is 4. The van der Waals surface area contributed by atoms with Crippen molar-refractivity contribution in [3.8, 4) is 0 Å². The normalized spacial score (nSPS) is 12.7. The number of para-hydroxylation sites is 1. The maximum Gasteiger partial charge on any atom is 0.148 e. The van der Waals surface area contributed by atoms with Crippen LogP contribution in [0.5, 0.6) is 0 Å². The van der Waals surface area contributed by atoms with Crippen LogP contribution in [0, 0.1) is 0 Å². The van der Waals surface area contributed by atoms with Crippen LogP contribution in [-0.4, -0.2) is 5.11 Å². The van der Waals surface area contributed by atoms with Gasteiger partial charge in [-0.2, -0.15) is 0 Å². The van der Waals surface area contributed by atoms with Gasteiger partial charge in [0.2, 0.25) is 0 Å². The van der Waals surface area contributed by atoms with Crippen molar-refractivity contribution < 1.29 is 9.52 Å². The molecule has 21 heavy (non-hydrogen) atoms. The molecule has 2 nitrogen and oxygen atoms in total. The molecule has 0 bridgehead atoms. The van der Waals surface area contributed by atoms with Gasteiger partial charge in [-0.15, -0.1) is 0 Å². The van der Waals surface area contributed by atoms with Gasteiger partial charge in [0.1, 0.15) is 17.4 Å². The molecule has 1 aromatic heterocycles. The average Bonchev–Trinajstić information content (AvgIpc) is 2.93. The molecular formula is C18H17BrO2. The van der Waals surface area contributed by atoms with Crippen molar-refractivity contribution in [2.75, 3.05) is 0 Å². The van der Waals surface area contributed by atoms with Gasteiger partial charge < -0.3 is 9.52 Å². The highest BCUT2D eigenvalue weighted by atomic mass is 79.9. The van der Waals surface area contributed by atoms with E-state index in [1.807, 2.05) is 36.4 Å². The van der Waals surface area contributed by atoms with Crippen molar-refractivity contribution in [1.82, 2.24) is 0 Å². The minimum atomic E-state index is -0.736. The SMILES string of the molecule is CCCc1ccc(C(O)c2cc3cccc(Br)c3o2)cc1. The molecule has 0 aliphatic rings. The van der Waals surface area contributed by atoms with E-state index in [0.717, 1.165) is 33.8 Å². The molecule has 1 heterocycles. The lowest BCUT2D eigenvalue weighted by Crippen LogP contribution is -1.98. The van der Waals surface area contributed by atoms with Crippen LogP contribution in [0.25, 0.3) is 11.0 Å². The molecule has 0 saturated carbocycles. The van der Waals surface area contributed by atoms with Crippen molar-refractivity contribution in [1.29, 1.82) is 0 Å². The standard InChI is InChI=1S/C18H17BrO2/c1-2-4-12-7-9-13(10-8-12)17(20)16-11-14-5-3-6-15(19)18(14)21-16/h3,5-11,17,20H,2,4H2,1H3. The molecule has 0 saturated heterocycles. The van der Waals surface area contributed by atoms with Gasteiger partial charge in [-0.25, -0.2) is 0 Å². The van der Waals surface area contributed by atoms with Gasteiger partial charge in [0.15, 0.2) is 0 Å². The summed E-state index contributed by atoms with van der Waals surface area (Å²) in [5, 5.41) is 11.5. The monoisotopic (exact) mass is 344 g/mol. The van der Waals surface area contributed by atoms with E-state index in [0.29, 0.717) is 5.76 Å². The molecule has 3 aromatic rings. The zero-order valence-electron chi connectivity index (χ0n) is 11.8. The fraction of sp³-hybridized carbons (Fsp3) is 0.222. The molecule has 108 valence electrons. The van der Waals surface area contributed by atoms with Crippen LogP contribution in [0.1, 0.15) is 36.3 Å². The molecule has 0 fully saturated rings. The van der Waals surface area contributed by atoms with Gasteiger partial charge >= 0.3 is 0 Å². The van der Waals surface area contributed by atoms with Crippen LogP contribution < -0.4 is 0 Å². The van der Waals surface area contributed by atoms with Crippen molar-refractivity contribution in [3.05, 3.63) is 69.9 Å². The van der Waals surface area contributed by atoms with E-state index in [1.54, 1.807) is 0 Å². The first-order valence-corrected chi connectivity index (χ1v) is 7.93. The smallest absolute Gasteiger partial charge is 0.148 e. The molecule has 0 radical (unpaired) electrons. The Morgan fingerprint density at radius 3 is 2.57 bits per heavy atom. The molecule has 0 spiro atoms. The first-order chi connectivity index (χ1) is 10.2. The van der Waals surface area contributed by atoms with Crippen molar-refractivity contribution in [3.63, 3.8) is 0 Å². The second-order valence-corrected chi connectivity index (χ2v) is 6.06. The second kappa shape index (κ2) is 6.04. The molecule has 3 heteroatoms. The topological polar surface area (TPSA) is 33.4 Å². The Balaban J connectivity index is 1.92. The average molecular weight is 345 g/mol. The Kier molecular flexibility index (Phi) is 4.13. The maximum absolute atomic E-state index is 10.5. The molecular weight excluding hydrogens is 328 g/mol. The summed E-state index contributed by atoms with van der Waals surface area (Å²) in [5.74, 6) is 0.570. The molecule has 0 aliphatic heterocycles. The van der Waals surface area contributed by atoms with Crippen molar-refractivity contribution in [2.45, 2.75) is 25.9 Å². The van der Waals surface area contributed by atoms with Gasteiger partial charge in [0.05, 0.1) is 4.47 Å². The fourth-order valence-corrected chi connectivity index (χ4v) is 2.96. The quantitative estimate of drug-likeness (QED) is 0.702. The molecule has 0 aliphatic carbocycles. The predicted molar refractivity (Wildman–Crippen MR) is 88.4 cm³/mol. The minimum absolute atomic E-state index is 0.570. The van der Waals surface area contributed by atoms with Gasteiger partial charge in [0.25, 0.3) is 0 Å². The summed E-state index contributed by atoms with van der Waals surface area (Å²) < 4.78 is 6.70. The van der Waals surface area contributed by atoms with Crippen LogP contribution in [0.15, 0.2) is 57.4 Å². The Morgan fingerprint density at radius 2 is 1.90 bits per heavy atom. The zero-order valence-corrected chi connectivity index (χ0v) is 13.4. The van der Waals surface area contributed by atoms with Crippen LogP contribution in [-0.2, 0) is 6.42 Å². The maximum atomic E-state index is 10.5. The van der Waals surface area contributed by atoms with Gasteiger partial charge in [-0.05, 0) is 45.6 Å². The summed E-state index contributed by atoms with van der Waals surface area (Å²) in [5.41, 5.74) is 2.92. The zero-order chi connectivity index (χ0) is 14.8. The number of aliphatic hydroxyl groups is 1. The van der Waals surface area contributed by atoms with Gasteiger partial charge in [0, 0.05) is 5.39 Å². The first kappa shape index (κ1) is 14.4. The van der Waals surface area contributed by atoms with E-state index in [-0.39, 0.29) is 0 Å². The minimum Gasteiger partial charge on any atom is -0.457 e. The summed E-state index contributed by atoms with van der Waals surface area (Å²) in [6.45, 7) is 2.16. The third kappa shape index (κ3) is 2.89. The number of hydrogen-bond donors (Lipinski definition) is 1. The van der Waals surface area contributed by atoms with Crippen LogP contribution >= 0.6 is 15.9 Å². The molecule has 0 amide bonds. The van der Waals surface area contributed by atoms with Crippen LogP contribution in [0.3, 0.4) is 0 Å². The number of fused-ring (bicyclic) bond motifs is 1. The lowest BCUT2D eigenvalue weighted by atomic mass is 10.0. The lowest BCUT2D eigenvalue weighted by molar-refractivity contribution is 0.192. The first-order valence-electron chi connectivity index (χ1n) is 7.14. The van der Waals surface area contributed by atoms with E-state index in [9.17, 15) is 5.11 Å². The number of aliphatic hydroxyl groups excluding tert-OH is 1. The second-order valence-electron chi connectivity index (χ2n) is 5.20. The number of halogens is 1. The van der Waals surface area contributed by atoms with Gasteiger partial charge in [-0.1, -0.05) is 49.7 Å². The highest BCUT2D eigenvalue weighted by Crippen LogP contribution is 2.32. The molecule has 1 atom stereocenters. The largest absolute Gasteiger partial charge is 0.457 e. The van der Waals surface area contributed by atoms with Crippen LogP contribution in [0.2, 0.25) is 0 Å². The molecule has 2 aromatic carbocycles. The number of aryl methyl sites for hydroxylation is 1.